The first kappa shape index (κ1) is 13.7. The molecule has 19 heavy (non-hydrogen) atoms. The Morgan fingerprint density at radius 3 is 2.74 bits per heavy atom. The molecule has 2 aromatic heterocycles. The molecule has 3 aromatic rings. The lowest BCUT2D eigenvalue weighted by molar-refractivity contribution is 0.679. The van der Waals surface area contributed by atoms with E-state index in [9.17, 15) is 0 Å². The Bertz CT molecular complexity index is 613. The van der Waals surface area contributed by atoms with Crippen LogP contribution in [0, 0.1) is 0 Å². The number of hydrogen-bond donors (Lipinski definition) is 3. The fraction of sp³-hybridized carbons (Fsp3) is 0.200. The van der Waals surface area contributed by atoms with Crippen LogP contribution in [0.2, 0.25) is 0 Å². The first-order chi connectivity index (χ1) is 8.93. The SMILES string of the molecule is Cl.c1c[nH]c(CNCCc2c[nH]c3ccccc23)c1. The molecule has 0 aliphatic rings. The van der Waals surface area contributed by atoms with Crippen molar-refractivity contribution in [1.82, 2.24) is 15.3 Å². The number of aromatic amines is 2. The maximum absolute atomic E-state index is 3.45. The largest absolute Gasteiger partial charge is 0.364 e. The molecule has 0 bridgehead atoms. The molecule has 0 aliphatic carbocycles. The second-order valence-electron chi connectivity index (χ2n) is 4.48. The average Bonchev–Trinajstić information content (AvgIpc) is 3.04. The van der Waals surface area contributed by atoms with Crippen LogP contribution in [0.5, 0.6) is 0 Å². The number of fused-ring (bicyclic) bond motifs is 1. The predicted octanol–water partition coefficient (Wildman–Crippen LogP) is 3.25. The minimum Gasteiger partial charge on any atom is -0.364 e. The molecule has 0 saturated carbocycles. The summed E-state index contributed by atoms with van der Waals surface area (Å²) >= 11 is 0. The van der Waals surface area contributed by atoms with Crippen LogP contribution in [0.1, 0.15) is 11.3 Å². The molecule has 1 aromatic carbocycles. The fourth-order valence-corrected chi connectivity index (χ4v) is 2.26. The first-order valence-corrected chi connectivity index (χ1v) is 6.31. The van der Waals surface area contributed by atoms with Gasteiger partial charge in [0.1, 0.15) is 0 Å². The van der Waals surface area contributed by atoms with Crippen LogP contribution >= 0.6 is 12.4 Å². The summed E-state index contributed by atoms with van der Waals surface area (Å²) in [6, 6.07) is 12.6. The summed E-state index contributed by atoms with van der Waals surface area (Å²) in [5.41, 5.74) is 3.83. The number of hydrogen-bond acceptors (Lipinski definition) is 1. The lowest BCUT2D eigenvalue weighted by atomic mass is 10.1. The van der Waals surface area contributed by atoms with E-state index in [0.717, 1.165) is 19.5 Å². The molecule has 0 spiro atoms. The molecule has 3 N–H and O–H groups in total. The summed E-state index contributed by atoms with van der Waals surface area (Å²) in [4.78, 5) is 6.50. The van der Waals surface area contributed by atoms with E-state index >= 15 is 0 Å². The van der Waals surface area contributed by atoms with Crippen LogP contribution < -0.4 is 5.32 Å². The van der Waals surface area contributed by atoms with Gasteiger partial charge >= 0.3 is 0 Å². The van der Waals surface area contributed by atoms with Crippen molar-refractivity contribution in [2.24, 2.45) is 0 Å². The second kappa shape index (κ2) is 6.45. The third-order valence-corrected chi connectivity index (χ3v) is 3.22. The lowest BCUT2D eigenvalue weighted by Gasteiger charge is -2.02. The van der Waals surface area contributed by atoms with Crippen molar-refractivity contribution >= 4 is 23.3 Å². The summed E-state index contributed by atoms with van der Waals surface area (Å²) in [7, 11) is 0. The molecule has 0 fully saturated rings. The molecule has 4 heteroatoms. The number of halogens is 1. The number of rotatable bonds is 5. The average molecular weight is 276 g/mol. The quantitative estimate of drug-likeness (QED) is 0.615. The zero-order chi connectivity index (χ0) is 12.2. The highest BCUT2D eigenvalue weighted by molar-refractivity contribution is 5.85. The molecular weight excluding hydrogens is 258 g/mol. The summed E-state index contributed by atoms with van der Waals surface area (Å²) in [5.74, 6) is 0. The molecule has 2 heterocycles. The van der Waals surface area contributed by atoms with Crippen molar-refractivity contribution in [3.63, 3.8) is 0 Å². The number of nitrogens with one attached hydrogen (secondary N) is 3. The Morgan fingerprint density at radius 2 is 1.89 bits per heavy atom. The van der Waals surface area contributed by atoms with E-state index in [1.54, 1.807) is 0 Å². The maximum atomic E-state index is 3.45. The normalized spacial score (nSPS) is 10.5. The van der Waals surface area contributed by atoms with Crippen molar-refractivity contribution < 1.29 is 0 Å². The van der Waals surface area contributed by atoms with Gasteiger partial charge in [0.2, 0.25) is 0 Å². The second-order valence-corrected chi connectivity index (χ2v) is 4.48. The molecule has 3 rings (SSSR count). The standard InChI is InChI=1S/C15H17N3.ClH/c1-2-6-15-14(5-1)12(10-18-15)7-9-16-11-13-4-3-8-17-13;/h1-6,8,10,16-18H,7,9,11H2;1H. The topological polar surface area (TPSA) is 43.6 Å². The Hall–Kier alpha value is -1.71. The Balaban J connectivity index is 0.00000133. The van der Waals surface area contributed by atoms with E-state index in [2.05, 4.69) is 51.8 Å². The van der Waals surface area contributed by atoms with E-state index in [4.69, 9.17) is 0 Å². The van der Waals surface area contributed by atoms with Crippen molar-refractivity contribution in [3.8, 4) is 0 Å². The van der Waals surface area contributed by atoms with Gasteiger partial charge in [-0.15, -0.1) is 12.4 Å². The third kappa shape index (κ3) is 3.19. The summed E-state index contributed by atoms with van der Waals surface area (Å²) < 4.78 is 0. The van der Waals surface area contributed by atoms with Gasteiger partial charge in [0.25, 0.3) is 0 Å². The highest BCUT2D eigenvalue weighted by Gasteiger charge is 2.02. The molecular formula is C15H18ClN3. The number of aromatic nitrogens is 2. The molecule has 0 saturated heterocycles. The molecule has 0 radical (unpaired) electrons. The highest BCUT2D eigenvalue weighted by atomic mass is 35.5. The summed E-state index contributed by atoms with van der Waals surface area (Å²) in [5, 5.41) is 4.78. The molecule has 0 atom stereocenters. The van der Waals surface area contributed by atoms with Crippen LogP contribution in [0.4, 0.5) is 0 Å². The Morgan fingerprint density at radius 1 is 1.00 bits per heavy atom. The van der Waals surface area contributed by atoms with Crippen molar-refractivity contribution in [1.29, 1.82) is 0 Å². The monoisotopic (exact) mass is 275 g/mol. The van der Waals surface area contributed by atoms with Crippen molar-refractivity contribution in [2.75, 3.05) is 6.54 Å². The third-order valence-electron chi connectivity index (χ3n) is 3.22. The van der Waals surface area contributed by atoms with Crippen molar-refractivity contribution in [2.45, 2.75) is 13.0 Å². The predicted molar refractivity (Wildman–Crippen MR) is 81.8 cm³/mol. The van der Waals surface area contributed by atoms with Gasteiger partial charge in [-0.1, -0.05) is 18.2 Å². The van der Waals surface area contributed by atoms with E-state index < -0.39 is 0 Å². The van der Waals surface area contributed by atoms with Gasteiger partial charge in [0.15, 0.2) is 0 Å². The maximum Gasteiger partial charge on any atom is 0.0456 e. The summed E-state index contributed by atoms with van der Waals surface area (Å²) in [6.45, 7) is 1.89. The van der Waals surface area contributed by atoms with Gasteiger partial charge in [-0.25, -0.2) is 0 Å². The summed E-state index contributed by atoms with van der Waals surface area (Å²) in [6.07, 6.45) is 5.11. The molecule has 3 nitrogen and oxygen atoms in total. The minimum absolute atomic E-state index is 0. The van der Waals surface area contributed by atoms with Crippen LogP contribution in [0.3, 0.4) is 0 Å². The van der Waals surface area contributed by atoms with Gasteiger partial charge in [-0.3, -0.25) is 0 Å². The first-order valence-electron chi connectivity index (χ1n) is 6.31. The Kier molecular flexibility index (Phi) is 4.66. The van der Waals surface area contributed by atoms with Gasteiger partial charge in [0, 0.05) is 35.5 Å². The fourth-order valence-electron chi connectivity index (χ4n) is 2.26. The van der Waals surface area contributed by atoms with E-state index in [0.29, 0.717) is 0 Å². The van der Waals surface area contributed by atoms with E-state index in [-0.39, 0.29) is 12.4 Å². The zero-order valence-corrected chi connectivity index (χ0v) is 11.5. The minimum atomic E-state index is 0. The molecule has 0 unspecified atom stereocenters. The molecule has 100 valence electrons. The van der Waals surface area contributed by atoms with Gasteiger partial charge in [0.05, 0.1) is 0 Å². The van der Waals surface area contributed by atoms with Crippen LogP contribution in [0.15, 0.2) is 48.8 Å². The van der Waals surface area contributed by atoms with Gasteiger partial charge in [-0.05, 0) is 36.7 Å². The highest BCUT2D eigenvalue weighted by Crippen LogP contribution is 2.17. The lowest BCUT2D eigenvalue weighted by Crippen LogP contribution is -2.16. The van der Waals surface area contributed by atoms with E-state index in [1.165, 1.54) is 22.2 Å². The van der Waals surface area contributed by atoms with Crippen LogP contribution in [-0.2, 0) is 13.0 Å². The number of benzene rings is 1. The van der Waals surface area contributed by atoms with Crippen molar-refractivity contribution in [3.05, 3.63) is 60.0 Å². The molecule has 0 aliphatic heterocycles. The van der Waals surface area contributed by atoms with Crippen LogP contribution in [-0.4, -0.2) is 16.5 Å². The Labute approximate surface area is 118 Å². The van der Waals surface area contributed by atoms with E-state index in [1.807, 2.05) is 12.3 Å². The van der Waals surface area contributed by atoms with Crippen LogP contribution in [0.25, 0.3) is 10.9 Å². The smallest absolute Gasteiger partial charge is 0.0456 e. The van der Waals surface area contributed by atoms with Gasteiger partial charge in [-0.2, -0.15) is 0 Å². The number of H-pyrrole nitrogens is 2. The number of para-hydroxylation sites is 1. The zero-order valence-electron chi connectivity index (χ0n) is 10.6. The molecule has 0 amide bonds. The van der Waals surface area contributed by atoms with Gasteiger partial charge < -0.3 is 15.3 Å².